The monoisotopic (exact) mass is 197 g/mol. The maximum atomic E-state index is 10.4. The number of piperidine rings is 1. The van der Waals surface area contributed by atoms with Gasteiger partial charge in [0.1, 0.15) is 0 Å². The smallest absolute Gasteiger partial charge is 0.327 e. The van der Waals surface area contributed by atoms with Crippen LogP contribution in [0.2, 0.25) is 0 Å². The van der Waals surface area contributed by atoms with Crippen LogP contribution in [0.4, 0.5) is 0 Å². The largest absolute Gasteiger partial charge is 0.478 e. The highest BCUT2D eigenvalue weighted by atomic mass is 16.4. The summed E-state index contributed by atoms with van der Waals surface area (Å²) in [7, 11) is 0. The number of nitrogens with zero attached hydrogens (tertiary/aromatic N) is 1. The Balaban J connectivity index is 2.22. The minimum absolute atomic E-state index is 0.529. The van der Waals surface area contributed by atoms with Crippen LogP contribution in [0.5, 0.6) is 0 Å². The number of hydrogen-bond acceptors (Lipinski definition) is 2. The van der Waals surface area contributed by atoms with E-state index >= 15 is 0 Å². The van der Waals surface area contributed by atoms with Crippen molar-refractivity contribution in [2.75, 3.05) is 13.1 Å². The van der Waals surface area contributed by atoms with Gasteiger partial charge in [-0.1, -0.05) is 6.08 Å². The van der Waals surface area contributed by atoms with Gasteiger partial charge in [0.2, 0.25) is 6.41 Å². The lowest BCUT2D eigenvalue weighted by atomic mass is 9.94. The molecule has 14 heavy (non-hydrogen) atoms. The molecule has 4 nitrogen and oxygen atoms in total. The highest BCUT2D eigenvalue weighted by Gasteiger charge is 2.16. The lowest BCUT2D eigenvalue weighted by Crippen LogP contribution is -2.32. The van der Waals surface area contributed by atoms with E-state index in [1.54, 1.807) is 11.0 Å². The zero-order valence-electron chi connectivity index (χ0n) is 8.06. The summed E-state index contributed by atoms with van der Waals surface area (Å²) < 4.78 is 0. The van der Waals surface area contributed by atoms with Crippen LogP contribution in [0.3, 0.4) is 0 Å². The fourth-order valence-corrected chi connectivity index (χ4v) is 1.66. The molecule has 1 N–H and O–H groups in total. The predicted octanol–water partition coefficient (Wildman–Crippen LogP) is 0.886. The maximum Gasteiger partial charge on any atom is 0.327 e. The van der Waals surface area contributed by atoms with E-state index in [1.807, 2.05) is 0 Å². The molecule has 0 aromatic heterocycles. The van der Waals surface area contributed by atoms with Gasteiger partial charge in [0.25, 0.3) is 0 Å². The lowest BCUT2D eigenvalue weighted by molar-refractivity contribution is -0.131. The van der Waals surface area contributed by atoms with Crippen LogP contribution in [0.15, 0.2) is 12.2 Å². The summed E-state index contributed by atoms with van der Waals surface area (Å²) in [6.45, 7) is 1.60. The summed E-state index contributed by atoms with van der Waals surface area (Å²) in [6.07, 6.45) is 6.52. The van der Waals surface area contributed by atoms with Crippen LogP contribution < -0.4 is 0 Å². The molecule has 0 bridgehead atoms. The molecule has 4 heteroatoms. The van der Waals surface area contributed by atoms with E-state index in [-0.39, 0.29) is 0 Å². The van der Waals surface area contributed by atoms with Crippen LogP contribution in [-0.2, 0) is 9.59 Å². The number of amides is 1. The third-order valence-electron chi connectivity index (χ3n) is 2.53. The number of carbonyl (C=O) groups excluding carboxylic acids is 1. The van der Waals surface area contributed by atoms with Crippen LogP contribution in [-0.4, -0.2) is 35.5 Å². The molecule has 0 aliphatic carbocycles. The SMILES string of the molecule is O=CN1CCC(C/C=C/C(=O)O)CC1. The van der Waals surface area contributed by atoms with Crippen LogP contribution >= 0.6 is 0 Å². The average Bonchev–Trinajstić information content (AvgIpc) is 2.18. The van der Waals surface area contributed by atoms with E-state index in [0.717, 1.165) is 38.8 Å². The van der Waals surface area contributed by atoms with Crippen LogP contribution in [0.1, 0.15) is 19.3 Å². The predicted molar refractivity (Wildman–Crippen MR) is 51.8 cm³/mol. The molecular formula is C10H15NO3. The van der Waals surface area contributed by atoms with Crippen LogP contribution in [0.25, 0.3) is 0 Å². The molecule has 1 saturated heterocycles. The first kappa shape index (κ1) is 10.8. The molecule has 0 aromatic rings. The molecule has 0 spiro atoms. The number of likely N-dealkylation sites (tertiary alicyclic amines) is 1. The molecule has 1 aliphatic heterocycles. The first-order valence-electron chi connectivity index (χ1n) is 4.81. The maximum absolute atomic E-state index is 10.4. The standard InChI is InChI=1S/C10H15NO3/c12-8-11-6-4-9(5-7-11)2-1-3-10(13)14/h1,3,8-9H,2,4-7H2,(H,13,14)/b3-1+. The summed E-state index contributed by atoms with van der Waals surface area (Å²) in [6, 6.07) is 0. The molecule has 1 rings (SSSR count). The zero-order chi connectivity index (χ0) is 10.4. The fourth-order valence-electron chi connectivity index (χ4n) is 1.66. The Hall–Kier alpha value is -1.32. The Morgan fingerprint density at radius 2 is 2.07 bits per heavy atom. The molecule has 0 aromatic carbocycles. The van der Waals surface area contributed by atoms with Crippen molar-refractivity contribution in [3.05, 3.63) is 12.2 Å². The summed E-state index contributed by atoms with van der Waals surface area (Å²) in [5.41, 5.74) is 0. The van der Waals surface area contributed by atoms with Crippen molar-refractivity contribution in [3.63, 3.8) is 0 Å². The number of carboxylic acid groups (broad SMARTS) is 1. The normalized spacial score (nSPS) is 18.7. The molecule has 0 saturated carbocycles. The Morgan fingerprint density at radius 1 is 1.43 bits per heavy atom. The topological polar surface area (TPSA) is 57.6 Å². The number of aliphatic carboxylic acids is 1. The van der Waals surface area contributed by atoms with Gasteiger partial charge in [-0.3, -0.25) is 4.79 Å². The molecule has 0 unspecified atom stereocenters. The molecular weight excluding hydrogens is 182 g/mol. The Bertz CT molecular complexity index is 230. The number of carbonyl (C=O) groups is 2. The second kappa shape index (κ2) is 5.42. The molecule has 1 fully saturated rings. The van der Waals surface area contributed by atoms with Crippen molar-refractivity contribution >= 4 is 12.4 Å². The highest BCUT2D eigenvalue weighted by molar-refractivity contribution is 5.79. The highest BCUT2D eigenvalue weighted by Crippen LogP contribution is 2.19. The second-order valence-corrected chi connectivity index (χ2v) is 3.56. The molecule has 1 heterocycles. The van der Waals surface area contributed by atoms with Gasteiger partial charge in [0, 0.05) is 19.2 Å². The van der Waals surface area contributed by atoms with Gasteiger partial charge in [-0.25, -0.2) is 4.79 Å². The summed E-state index contributed by atoms with van der Waals surface area (Å²) in [4.78, 5) is 22.4. The van der Waals surface area contributed by atoms with Crippen molar-refractivity contribution in [2.45, 2.75) is 19.3 Å². The first-order valence-corrected chi connectivity index (χ1v) is 4.81. The lowest BCUT2D eigenvalue weighted by Gasteiger charge is -2.28. The second-order valence-electron chi connectivity index (χ2n) is 3.56. The number of hydrogen-bond donors (Lipinski definition) is 1. The van der Waals surface area contributed by atoms with Crippen molar-refractivity contribution in [1.82, 2.24) is 4.90 Å². The van der Waals surface area contributed by atoms with Gasteiger partial charge in [0.15, 0.2) is 0 Å². The van der Waals surface area contributed by atoms with E-state index in [0.29, 0.717) is 5.92 Å². The van der Waals surface area contributed by atoms with Gasteiger partial charge in [-0.05, 0) is 25.2 Å². The summed E-state index contributed by atoms with van der Waals surface area (Å²) in [5.74, 6) is -0.364. The van der Waals surface area contributed by atoms with Gasteiger partial charge in [-0.2, -0.15) is 0 Å². The molecule has 1 amide bonds. The summed E-state index contributed by atoms with van der Waals surface area (Å²) >= 11 is 0. The number of allylic oxidation sites excluding steroid dienone is 1. The van der Waals surface area contributed by atoms with Crippen molar-refractivity contribution in [2.24, 2.45) is 5.92 Å². The van der Waals surface area contributed by atoms with E-state index < -0.39 is 5.97 Å². The van der Waals surface area contributed by atoms with Crippen LogP contribution in [0, 0.1) is 5.92 Å². The van der Waals surface area contributed by atoms with Crippen molar-refractivity contribution in [1.29, 1.82) is 0 Å². The summed E-state index contributed by atoms with van der Waals surface area (Å²) in [5, 5.41) is 8.38. The molecule has 0 radical (unpaired) electrons. The third-order valence-corrected chi connectivity index (χ3v) is 2.53. The minimum atomic E-state index is -0.893. The van der Waals surface area contributed by atoms with Crippen molar-refractivity contribution in [3.8, 4) is 0 Å². The first-order chi connectivity index (χ1) is 6.72. The van der Waals surface area contributed by atoms with E-state index in [9.17, 15) is 9.59 Å². The molecule has 1 aliphatic rings. The quantitative estimate of drug-likeness (QED) is 0.537. The van der Waals surface area contributed by atoms with E-state index in [2.05, 4.69) is 0 Å². The zero-order valence-corrected chi connectivity index (χ0v) is 8.06. The Kier molecular flexibility index (Phi) is 4.16. The van der Waals surface area contributed by atoms with Gasteiger partial charge < -0.3 is 10.0 Å². The minimum Gasteiger partial charge on any atom is -0.478 e. The van der Waals surface area contributed by atoms with Gasteiger partial charge in [0.05, 0.1) is 0 Å². The van der Waals surface area contributed by atoms with Gasteiger partial charge >= 0.3 is 5.97 Å². The number of rotatable bonds is 4. The molecule has 78 valence electrons. The Morgan fingerprint density at radius 3 is 2.57 bits per heavy atom. The van der Waals surface area contributed by atoms with E-state index in [4.69, 9.17) is 5.11 Å². The number of carboxylic acids is 1. The van der Waals surface area contributed by atoms with Gasteiger partial charge in [-0.15, -0.1) is 0 Å². The third kappa shape index (κ3) is 3.60. The molecule has 0 atom stereocenters. The fraction of sp³-hybridized carbons (Fsp3) is 0.600. The van der Waals surface area contributed by atoms with Crippen molar-refractivity contribution < 1.29 is 14.7 Å². The Labute approximate surface area is 83.2 Å². The van der Waals surface area contributed by atoms with E-state index in [1.165, 1.54) is 6.08 Å². The average molecular weight is 197 g/mol.